The molecule has 4 nitrogen and oxygen atoms in total. The van der Waals surface area contributed by atoms with Gasteiger partial charge in [0.05, 0.1) is 10.7 Å². The van der Waals surface area contributed by atoms with E-state index in [-0.39, 0.29) is 24.0 Å². The van der Waals surface area contributed by atoms with Crippen LogP contribution in [0.5, 0.6) is 0 Å². The number of aliphatic imine (C=N–C) groups is 1. The van der Waals surface area contributed by atoms with E-state index in [0.717, 1.165) is 30.8 Å². The van der Waals surface area contributed by atoms with Crippen LogP contribution in [-0.4, -0.2) is 30.6 Å². The molecule has 2 N–H and O–H groups in total. The Morgan fingerprint density at radius 3 is 2.62 bits per heavy atom. The van der Waals surface area contributed by atoms with Gasteiger partial charge in [-0.25, -0.2) is 4.98 Å². The second-order valence-corrected chi connectivity index (χ2v) is 8.33. The molecule has 1 aromatic heterocycles. The minimum absolute atomic E-state index is 0. The number of halogens is 1. The summed E-state index contributed by atoms with van der Waals surface area (Å²) in [5.41, 5.74) is 1.17. The number of hydrogen-bond donors (Lipinski definition) is 2. The fourth-order valence-corrected chi connectivity index (χ4v) is 4.70. The molecule has 0 saturated heterocycles. The van der Waals surface area contributed by atoms with E-state index >= 15 is 0 Å². The highest BCUT2D eigenvalue weighted by atomic mass is 127. The molecule has 1 heterocycles. The van der Waals surface area contributed by atoms with E-state index in [1.54, 1.807) is 0 Å². The Hall–Kier alpha value is -0.370. The maximum absolute atomic E-state index is 4.60. The molecule has 2 atom stereocenters. The zero-order valence-corrected chi connectivity index (χ0v) is 18.2. The van der Waals surface area contributed by atoms with Crippen molar-refractivity contribution in [1.29, 1.82) is 0 Å². The lowest BCUT2D eigenvalue weighted by atomic mass is 9.85. The lowest BCUT2D eigenvalue weighted by Crippen LogP contribution is -2.40. The lowest BCUT2D eigenvalue weighted by molar-refractivity contribution is 0.315. The molecule has 2 aliphatic rings. The van der Waals surface area contributed by atoms with Crippen molar-refractivity contribution in [2.24, 2.45) is 16.8 Å². The highest BCUT2D eigenvalue weighted by molar-refractivity contribution is 14.0. The summed E-state index contributed by atoms with van der Waals surface area (Å²) in [6.45, 7) is 5.12. The van der Waals surface area contributed by atoms with Crippen molar-refractivity contribution in [2.45, 2.75) is 64.8 Å². The average molecular weight is 462 g/mol. The van der Waals surface area contributed by atoms with Gasteiger partial charge in [-0.1, -0.05) is 32.1 Å². The van der Waals surface area contributed by atoms with Gasteiger partial charge in [-0.2, -0.15) is 0 Å². The Morgan fingerprint density at radius 1 is 1.25 bits per heavy atom. The number of aryl methyl sites for hydroxylation is 2. The Morgan fingerprint density at radius 2 is 2.00 bits per heavy atom. The molecule has 0 bridgehead atoms. The molecule has 3 rings (SSSR count). The number of rotatable bonds is 5. The summed E-state index contributed by atoms with van der Waals surface area (Å²) in [7, 11) is 1.87. The second-order valence-electron chi connectivity index (χ2n) is 7.05. The first kappa shape index (κ1) is 19.9. The maximum Gasteiger partial charge on any atom is 0.191 e. The Balaban J connectivity index is 0.00000208. The summed E-state index contributed by atoms with van der Waals surface area (Å²) in [4.78, 5) is 10.3. The van der Waals surface area contributed by atoms with Crippen LogP contribution in [-0.2, 0) is 6.42 Å². The standard InChI is InChI=1S/C18H30N4S.HI/c1-12-13(2)23-17(21-12)9-10-20-18(19-3)22-16-11-15(16)14-7-5-4-6-8-14;/h14-16H,4-11H2,1-3H3,(H2,19,20,22);1H. The normalized spacial score (nSPS) is 24.4. The summed E-state index contributed by atoms with van der Waals surface area (Å²) in [5.74, 6) is 2.80. The third-order valence-electron chi connectivity index (χ3n) is 5.34. The van der Waals surface area contributed by atoms with Crippen LogP contribution in [0, 0.1) is 25.7 Å². The van der Waals surface area contributed by atoms with Crippen molar-refractivity contribution in [3.63, 3.8) is 0 Å². The first-order chi connectivity index (χ1) is 11.2. The van der Waals surface area contributed by atoms with Gasteiger partial charge in [0.1, 0.15) is 0 Å². The summed E-state index contributed by atoms with van der Waals surface area (Å²) in [6, 6.07) is 0.647. The molecule has 6 heteroatoms. The lowest BCUT2D eigenvalue weighted by Gasteiger charge is -2.22. The van der Waals surface area contributed by atoms with Crippen LogP contribution in [0.3, 0.4) is 0 Å². The highest BCUT2D eigenvalue weighted by Crippen LogP contribution is 2.44. The van der Waals surface area contributed by atoms with Gasteiger partial charge in [-0.05, 0) is 32.1 Å². The topological polar surface area (TPSA) is 49.3 Å². The number of aromatic nitrogens is 1. The molecule has 2 unspecified atom stereocenters. The van der Waals surface area contributed by atoms with E-state index in [1.165, 1.54) is 54.1 Å². The van der Waals surface area contributed by atoms with Gasteiger partial charge in [0.15, 0.2) is 5.96 Å². The van der Waals surface area contributed by atoms with E-state index in [1.807, 2.05) is 18.4 Å². The van der Waals surface area contributed by atoms with Crippen molar-refractivity contribution >= 4 is 41.3 Å². The van der Waals surface area contributed by atoms with Crippen LogP contribution in [0.15, 0.2) is 4.99 Å². The third kappa shape index (κ3) is 5.31. The summed E-state index contributed by atoms with van der Waals surface area (Å²) in [5, 5.41) is 8.28. The van der Waals surface area contributed by atoms with Crippen LogP contribution >= 0.6 is 35.3 Å². The maximum atomic E-state index is 4.60. The van der Waals surface area contributed by atoms with Crippen LogP contribution in [0.4, 0.5) is 0 Å². The van der Waals surface area contributed by atoms with Crippen molar-refractivity contribution < 1.29 is 0 Å². The Labute approximate surface area is 167 Å². The first-order valence-corrected chi connectivity index (χ1v) is 9.89. The number of thiazole rings is 1. The largest absolute Gasteiger partial charge is 0.356 e. The van der Waals surface area contributed by atoms with Crippen LogP contribution in [0.1, 0.15) is 54.1 Å². The van der Waals surface area contributed by atoms with E-state index in [9.17, 15) is 0 Å². The second kappa shape index (κ2) is 9.36. The SMILES string of the molecule is CN=C(NCCc1nc(C)c(C)s1)NC1CC1C1CCCCC1.I. The molecule has 2 saturated carbocycles. The average Bonchev–Trinajstić information content (AvgIpc) is 3.26. The van der Waals surface area contributed by atoms with E-state index in [0.29, 0.717) is 6.04 Å². The van der Waals surface area contributed by atoms with Gasteiger partial charge in [-0.3, -0.25) is 4.99 Å². The number of nitrogens with zero attached hydrogens (tertiary/aromatic N) is 2. The smallest absolute Gasteiger partial charge is 0.191 e. The zero-order valence-electron chi connectivity index (χ0n) is 15.1. The van der Waals surface area contributed by atoms with E-state index in [4.69, 9.17) is 0 Å². The first-order valence-electron chi connectivity index (χ1n) is 9.07. The molecule has 0 aromatic carbocycles. The predicted molar refractivity (Wildman–Crippen MR) is 114 cm³/mol. The quantitative estimate of drug-likeness (QED) is 0.394. The van der Waals surface area contributed by atoms with Crippen molar-refractivity contribution in [3.8, 4) is 0 Å². The van der Waals surface area contributed by atoms with Gasteiger partial charge in [-0.15, -0.1) is 35.3 Å². The van der Waals surface area contributed by atoms with Crippen LogP contribution in [0.25, 0.3) is 0 Å². The van der Waals surface area contributed by atoms with Crippen LogP contribution < -0.4 is 10.6 Å². The molecule has 0 amide bonds. The zero-order chi connectivity index (χ0) is 16.2. The van der Waals surface area contributed by atoms with Crippen LogP contribution in [0.2, 0.25) is 0 Å². The van der Waals surface area contributed by atoms with Gasteiger partial charge in [0, 0.05) is 30.9 Å². The van der Waals surface area contributed by atoms with Gasteiger partial charge >= 0.3 is 0 Å². The molecule has 24 heavy (non-hydrogen) atoms. The Kier molecular flexibility index (Phi) is 7.78. The number of nitrogens with one attached hydrogen (secondary N) is 2. The van der Waals surface area contributed by atoms with Gasteiger partial charge in [0.25, 0.3) is 0 Å². The fraction of sp³-hybridized carbons (Fsp3) is 0.778. The molecule has 2 fully saturated rings. The minimum Gasteiger partial charge on any atom is -0.356 e. The van der Waals surface area contributed by atoms with Gasteiger partial charge in [0.2, 0.25) is 0 Å². The Bertz CT molecular complexity index is 532. The summed E-state index contributed by atoms with van der Waals surface area (Å²) in [6.07, 6.45) is 9.50. The predicted octanol–water partition coefficient (Wildman–Crippen LogP) is 4.05. The molecule has 136 valence electrons. The molecule has 2 aliphatic carbocycles. The molecule has 0 spiro atoms. The molecule has 0 radical (unpaired) electrons. The summed E-state index contributed by atoms with van der Waals surface area (Å²) < 4.78 is 0. The van der Waals surface area contributed by atoms with Crippen molar-refractivity contribution in [1.82, 2.24) is 15.6 Å². The monoisotopic (exact) mass is 462 g/mol. The minimum atomic E-state index is 0. The molecular weight excluding hydrogens is 431 g/mol. The number of guanidine groups is 1. The molecular formula is C18H31IN4S. The van der Waals surface area contributed by atoms with E-state index < -0.39 is 0 Å². The summed E-state index contributed by atoms with van der Waals surface area (Å²) >= 11 is 1.81. The van der Waals surface area contributed by atoms with Gasteiger partial charge < -0.3 is 10.6 Å². The fourth-order valence-electron chi connectivity index (χ4n) is 3.77. The van der Waals surface area contributed by atoms with Crippen molar-refractivity contribution in [2.75, 3.05) is 13.6 Å². The molecule has 1 aromatic rings. The highest BCUT2D eigenvalue weighted by Gasteiger charge is 2.43. The van der Waals surface area contributed by atoms with E-state index in [2.05, 4.69) is 34.5 Å². The third-order valence-corrected chi connectivity index (χ3v) is 6.48. The molecule has 0 aliphatic heterocycles. The number of hydrogen-bond acceptors (Lipinski definition) is 3. The van der Waals surface area contributed by atoms with Crippen molar-refractivity contribution in [3.05, 3.63) is 15.6 Å².